The topological polar surface area (TPSA) is 32.3 Å². The number of thioether (sulfide) groups is 1. The van der Waals surface area contributed by atoms with Gasteiger partial charge < -0.3 is 4.90 Å². The Hall–Kier alpha value is -0.520. The predicted octanol–water partition coefficient (Wildman–Crippen LogP) is 3.00. The zero-order valence-corrected chi connectivity index (χ0v) is 13.4. The molecule has 1 N–H and O–H groups in total. The van der Waals surface area contributed by atoms with Crippen molar-refractivity contribution in [1.82, 2.24) is 10.2 Å². The summed E-state index contributed by atoms with van der Waals surface area (Å²) in [4.78, 5) is 16.2. The van der Waals surface area contributed by atoms with Gasteiger partial charge in [0, 0.05) is 16.2 Å². The summed E-state index contributed by atoms with van der Waals surface area (Å²) in [5.74, 6) is 1.57. The summed E-state index contributed by atoms with van der Waals surface area (Å²) in [5.41, 5.74) is -0.214. The van der Waals surface area contributed by atoms with E-state index in [0.29, 0.717) is 5.91 Å². The highest BCUT2D eigenvalue weighted by atomic mass is 32.2. The maximum absolute atomic E-state index is 12.8. The van der Waals surface area contributed by atoms with E-state index in [2.05, 4.69) is 34.7 Å². The molecule has 5 heteroatoms. The molecule has 1 spiro atoms. The van der Waals surface area contributed by atoms with Crippen molar-refractivity contribution in [3.63, 3.8) is 0 Å². The highest BCUT2D eigenvalue weighted by Gasteiger charge is 2.60. The summed E-state index contributed by atoms with van der Waals surface area (Å²) in [6.45, 7) is 3.20. The highest BCUT2D eigenvalue weighted by Crippen LogP contribution is 2.48. The summed E-state index contributed by atoms with van der Waals surface area (Å²) in [7, 11) is 0. The Morgan fingerprint density at radius 1 is 1.45 bits per heavy atom. The number of thiophene rings is 1. The second-order valence-electron chi connectivity index (χ2n) is 6.48. The summed E-state index contributed by atoms with van der Waals surface area (Å²) in [6, 6.07) is 4.22. The SMILES string of the molecule is CC1(CN2C(=O)C3(CC3)NC2c2cccs2)CCCS1. The molecule has 108 valence electrons. The lowest BCUT2D eigenvalue weighted by Gasteiger charge is -2.32. The predicted molar refractivity (Wildman–Crippen MR) is 84.0 cm³/mol. The first-order valence-corrected chi connectivity index (χ1v) is 9.25. The molecule has 0 bridgehead atoms. The molecule has 20 heavy (non-hydrogen) atoms. The molecule has 3 fully saturated rings. The van der Waals surface area contributed by atoms with Gasteiger partial charge in [-0.05, 0) is 49.8 Å². The maximum atomic E-state index is 12.8. The fourth-order valence-electron chi connectivity index (χ4n) is 3.43. The van der Waals surface area contributed by atoms with Crippen molar-refractivity contribution in [3.8, 4) is 0 Å². The van der Waals surface area contributed by atoms with Crippen LogP contribution in [-0.2, 0) is 4.79 Å². The number of nitrogens with one attached hydrogen (secondary N) is 1. The van der Waals surface area contributed by atoms with Crippen LogP contribution in [0.5, 0.6) is 0 Å². The third-order valence-electron chi connectivity index (χ3n) is 4.76. The zero-order chi connectivity index (χ0) is 13.8. The lowest BCUT2D eigenvalue weighted by atomic mass is 10.0. The van der Waals surface area contributed by atoms with Crippen LogP contribution in [0.2, 0.25) is 0 Å². The van der Waals surface area contributed by atoms with Gasteiger partial charge in [-0.3, -0.25) is 10.1 Å². The Morgan fingerprint density at radius 3 is 2.90 bits per heavy atom. The lowest BCUT2D eigenvalue weighted by molar-refractivity contribution is -0.131. The first-order chi connectivity index (χ1) is 9.62. The molecule has 3 nitrogen and oxygen atoms in total. The molecule has 3 aliphatic rings. The average molecular weight is 308 g/mol. The third-order valence-corrected chi connectivity index (χ3v) is 7.21. The molecule has 1 saturated carbocycles. The Morgan fingerprint density at radius 2 is 2.30 bits per heavy atom. The van der Waals surface area contributed by atoms with Crippen LogP contribution in [0.4, 0.5) is 0 Å². The number of carbonyl (C=O) groups is 1. The van der Waals surface area contributed by atoms with E-state index in [0.717, 1.165) is 19.4 Å². The van der Waals surface area contributed by atoms with E-state index in [1.807, 2.05) is 11.8 Å². The molecule has 1 amide bonds. The molecule has 1 aromatic heterocycles. The molecule has 2 aliphatic heterocycles. The summed E-state index contributed by atoms with van der Waals surface area (Å²) >= 11 is 3.78. The largest absolute Gasteiger partial charge is 0.319 e. The van der Waals surface area contributed by atoms with Crippen molar-refractivity contribution >= 4 is 29.0 Å². The van der Waals surface area contributed by atoms with Gasteiger partial charge in [0.1, 0.15) is 11.7 Å². The van der Waals surface area contributed by atoms with E-state index in [-0.39, 0.29) is 16.5 Å². The van der Waals surface area contributed by atoms with Crippen LogP contribution in [-0.4, -0.2) is 33.4 Å². The van der Waals surface area contributed by atoms with E-state index in [1.165, 1.54) is 23.5 Å². The lowest BCUT2D eigenvalue weighted by Crippen LogP contribution is -2.41. The smallest absolute Gasteiger partial charge is 0.244 e. The number of rotatable bonds is 3. The molecule has 1 aliphatic carbocycles. The van der Waals surface area contributed by atoms with Gasteiger partial charge in [0.15, 0.2) is 0 Å². The monoisotopic (exact) mass is 308 g/mol. The van der Waals surface area contributed by atoms with Crippen molar-refractivity contribution < 1.29 is 4.79 Å². The molecule has 0 radical (unpaired) electrons. The third kappa shape index (κ3) is 2.02. The van der Waals surface area contributed by atoms with E-state index < -0.39 is 0 Å². The van der Waals surface area contributed by atoms with Gasteiger partial charge in [0.25, 0.3) is 0 Å². The minimum atomic E-state index is -0.214. The van der Waals surface area contributed by atoms with Gasteiger partial charge in [-0.15, -0.1) is 11.3 Å². The van der Waals surface area contributed by atoms with Crippen LogP contribution in [0.25, 0.3) is 0 Å². The number of hydrogen-bond acceptors (Lipinski definition) is 4. The minimum absolute atomic E-state index is 0.100. The molecule has 2 atom stereocenters. The van der Waals surface area contributed by atoms with E-state index in [4.69, 9.17) is 0 Å². The average Bonchev–Trinajstić information content (AvgIpc) is 2.82. The van der Waals surface area contributed by atoms with Crippen molar-refractivity contribution in [2.75, 3.05) is 12.3 Å². The quantitative estimate of drug-likeness (QED) is 0.931. The van der Waals surface area contributed by atoms with Crippen molar-refractivity contribution in [1.29, 1.82) is 0 Å². The fraction of sp³-hybridized carbons (Fsp3) is 0.667. The van der Waals surface area contributed by atoms with Crippen molar-refractivity contribution in [3.05, 3.63) is 22.4 Å². The molecule has 0 aromatic carbocycles. The first kappa shape index (κ1) is 13.2. The Bertz CT molecular complexity index is 518. The minimum Gasteiger partial charge on any atom is -0.319 e. The Balaban J connectivity index is 1.62. The van der Waals surface area contributed by atoms with E-state index >= 15 is 0 Å². The summed E-state index contributed by atoms with van der Waals surface area (Å²) in [5, 5.41) is 5.71. The van der Waals surface area contributed by atoms with Crippen LogP contribution >= 0.6 is 23.1 Å². The molecule has 1 aromatic rings. The number of carbonyl (C=O) groups excluding carboxylic acids is 1. The standard InChI is InChI=1S/C15H20N2OS2/c1-14(5-3-9-20-14)10-17-12(11-4-2-8-19-11)16-15(6-7-15)13(17)18/h2,4,8,12,16H,3,5-7,9-10H2,1H3. The van der Waals surface area contributed by atoms with E-state index in [9.17, 15) is 4.79 Å². The second kappa shape index (κ2) is 4.49. The summed E-state index contributed by atoms with van der Waals surface area (Å²) < 4.78 is 0.243. The number of hydrogen-bond donors (Lipinski definition) is 1. The highest BCUT2D eigenvalue weighted by molar-refractivity contribution is 8.00. The maximum Gasteiger partial charge on any atom is 0.244 e. The van der Waals surface area contributed by atoms with Crippen LogP contribution in [0.3, 0.4) is 0 Å². The number of amides is 1. The van der Waals surface area contributed by atoms with Crippen molar-refractivity contribution in [2.45, 2.75) is 49.1 Å². The van der Waals surface area contributed by atoms with Gasteiger partial charge in [0.05, 0.1) is 0 Å². The zero-order valence-electron chi connectivity index (χ0n) is 11.7. The van der Waals surface area contributed by atoms with Gasteiger partial charge >= 0.3 is 0 Å². The normalized spacial score (nSPS) is 35.1. The van der Waals surface area contributed by atoms with Gasteiger partial charge in [-0.25, -0.2) is 0 Å². The molecule has 4 rings (SSSR count). The number of nitrogens with zero attached hydrogens (tertiary/aromatic N) is 1. The van der Waals surface area contributed by atoms with Crippen LogP contribution in [0.1, 0.15) is 43.6 Å². The first-order valence-electron chi connectivity index (χ1n) is 7.38. The molecule has 2 saturated heterocycles. The van der Waals surface area contributed by atoms with Gasteiger partial charge in [0.2, 0.25) is 5.91 Å². The van der Waals surface area contributed by atoms with Crippen LogP contribution in [0.15, 0.2) is 17.5 Å². The van der Waals surface area contributed by atoms with Crippen LogP contribution < -0.4 is 5.32 Å². The Labute approximate surface area is 128 Å². The molecular formula is C15H20N2OS2. The van der Waals surface area contributed by atoms with Crippen LogP contribution in [0, 0.1) is 0 Å². The second-order valence-corrected chi connectivity index (χ2v) is 9.14. The van der Waals surface area contributed by atoms with Crippen molar-refractivity contribution in [2.24, 2.45) is 0 Å². The Kier molecular flexibility index (Phi) is 2.95. The molecule has 3 heterocycles. The molecule has 2 unspecified atom stereocenters. The van der Waals surface area contributed by atoms with Gasteiger partial charge in [-0.2, -0.15) is 11.8 Å². The molecular weight excluding hydrogens is 288 g/mol. The fourth-order valence-corrected chi connectivity index (χ4v) is 5.52. The summed E-state index contributed by atoms with van der Waals surface area (Å²) in [6.07, 6.45) is 4.63. The van der Waals surface area contributed by atoms with Gasteiger partial charge in [-0.1, -0.05) is 6.07 Å². The van der Waals surface area contributed by atoms with E-state index in [1.54, 1.807) is 11.3 Å².